The zero-order valence-corrected chi connectivity index (χ0v) is 17.5. The molecule has 3 N–H and O–H groups in total. The number of nitrogens with zero attached hydrogens (tertiary/aromatic N) is 1. The number of phenols is 1. The van der Waals surface area contributed by atoms with Crippen LogP contribution in [0.3, 0.4) is 0 Å². The lowest BCUT2D eigenvalue weighted by Gasteiger charge is -2.21. The van der Waals surface area contributed by atoms with Crippen LogP contribution in [0.2, 0.25) is 0 Å². The van der Waals surface area contributed by atoms with Crippen LogP contribution in [-0.2, 0) is 0 Å². The molecule has 0 saturated heterocycles. The quantitative estimate of drug-likeness (QED) is 0.248. The molecule has 0 bridgehead atoms. The van der Waals surface area contributed by atoms with Crippen molar-refractivity contribution in [1.29, 1.82) is 0 Å². The summed E-state index contributed by atoms with van der Waals surface area (Å²) < 4.78 is 0. The van der Waals surface area contributed by atoms with Gasteiger partial charge in [-0.1, -0.05) is 54.2 Å². The summed E-state index contributed by atoms with van der Waals surface area (Å²) in [5.74, 6) is -0.527. The van der Waals surface area contributed by atoms with Crippen molar-refractivity contribution in [1.82, 2.24) is 5.43 Å². The van der Waals surface area contributed by atoms with Gasteiger partial charge in [0.1, 0.15) is 5.75 Å². The van der Waals surface area contributed by atoms with Gasteiger partial charge in [0.05, 0.1) is 22.6 Å². The lowest BCUT2D eigenvalue weighted by atomic mass is 10.1. The van der Waals surface area contributed by atoms with E-state index in [2.05, 4.69) is 28.0 Å². The molecule has 5 rings (SSSR count). The first-order valence-electron chi connectivity index (χ1n) is 9.83. The van der Waals surface area contributed by atoms with E-state index in [0.29, 0.717) is 5.71 Å². The Hall–Kier alpha value is -3.77. The Morgan fingerprint density at radius 1 is 0.903 bits per heavy atom. The van der Waals surface area contributed by atoms with E-state index < -0.39 is 5.91 Å². The highest BCUT2D eigenvalue weighted by molar-refractivity contribution is 7.99. The van der Waals surface area contributed by atoms with Crippen molar-refractivity contribution in [2.75, 3.05) is 5.32 Å². The summed E-state index contributed by atoms with van der Waals surface area (Å²) >= 11 is 1.72. The minimum atomic E-state index is -0.455. The number of carbonyl (C=O) groups is 1. The number of amides is 1. The topological polar surface area (TPSA) is 73.7 Å². The molecule has 0 aromatic heterocycles. The molecule has 4 aromatic carbocycles. The predicted molar refractivity (Wildman–Crippen MR) is 126 cm³/mol. The summed E-state index contributed by atoms with van der Waals surface area (Å²) in [5.41, 5.74) is 6.40. The maximum Gasteiger partial charge on any atom is 0.275 e. The second kappa shape index (κ2) is 7.81. The Morgan fingerprint density at radius 2 is 1.61 bits per heavy atom. The van der Waals surface area contributed by atoms with Crippen molar-refractivity contribution in [2.45, 2.75) is 16.7 Å². The number of hydrazone groups is 1. The fourth-order valence-corrected chi connectivity index (χ4v) is 4.50. The first kappa shape index (κ1) is 19.2. The van der Waals surface area contributed by atoms with Gasteiger partial charge in [-0.25, -0.2) is 5.43 Å². The van der Waals surface area contributed by atoms with Gasteiger partial charge in [-0.15, -0.1) is 0 Å². The Morgan fingerprint density at radius 3 is 2.45 bits per heavy atom. The number of para-hydroxylation sites is 1. The summed E-state index contributed by atoms with van der Waals surface area (Å²) in [4.78, 5) is 15.0. The number of rotatable bonds is 3. The lowest BCUT2D eigenvalue weighted by molar-refractivity contribution is 0.0952. The van der Waals surface area contributed by atoms with Crippen LogP contribution in [0.15, 0.2) is 93.8 Å². The summed E-state index contributed by atoms with van der Waals surface area (Å²) in [5, 5.41) is 19.7. The first-order chi connectivity index (χ1) is 15.1. The van der Waals surface area contributed by atoms with Gasteiger partial charge in [0, 0.05) is 9.79 Å². The number of carbonyl (C=O) groups excluding carboxylic acids is 1. The van der Waals surface area contributed by atoms with Crippen LogP contribution in [-0.4, -0.2) is 16.7 Å². The van der Waals surface area contributed by atoms with Gasteiger partial charge in [-0.3, -0.25) is 4.79 Å². The molecule has 0 aliphatic carbocycles. The van der Waals surface area contributed by atoms with E-state index in [4.69, 9.17) is 0 Å². The molecule has 31 heavy (non-hydrogen) atoms. The third-order valence-electron chi connectivity index (χ3n) is 5.21. The van der Waals surface area contributed by atoms with Crippen LogP contribution in [0.1, 0.15) is 22.8 Å². The first-order valence-corrected chi connectivity index (χ1v) is 10.6. The average molecular weight is 426 g/mol. The third-order valence-corrected chi connectivity index (χ3v) is 6.36. The molecule has 0 saturated carbocycles. The fourth-order valence-electron chi connectivity index (χ4n) is 3.53. The van der Waals surface area contributed by atoms with Gasteiger partial charge in [0.25, 0.3) is 5.91 Å². The molecule has 0 unspecified atom stereocenters. The van der Waals surface area contributed by atoms with Crippen molar-refractivity contribution in [2.24, 2.45) is 5.10 Å². The van der Waals surface area contributed by atoms with Crippen molar-refractivity contribution in [3.63, 3.8) is 0 Å². The molecule has 4 aromatic rings. The lowest BCUT2D eigenvalue weighted by Crippen LogP contribution is -2.19. The Labute approximate surface area is 183 Å². The molecule has 1 aliphatic heterocycles. The number of nitrogens with one attached hydrogen (secondary N) is 2. The number of hydrogen-bond acceptors (Lipinski definition) is 5. The van der Waals surface area contributed by atoms with Crippen LogP contribution in [0.25, 0.3) is 10.8 Å². The van der Waals surface area contributed by atoms with Gasteiger partial charge < -0.3 is 10.4 Å². The van der Waals surface area contributed by atoms with Crippen molar-refractivity contribution < 1.29 is 9.90 Å². The summed E-state index contributed by atoms with van der Waals surface area (Å²) in [6.07, 6.45) is 0. The fraction of sp³-hybridized carbons (Fsp3) is 0.0400. The van der Waals surface area contributed by atoms with Crippen LogP contribution >= 0.6 is 11.8 Å². The smallest absolute Gasteiger partial charge is 0.275 e. The van der Waals surface area contributed by atoms with E-state index >= 15 is 0 Å². The maximum atomic E-state index is 12.6. The van der Waals surface area contributed by atoms with Crippen molar-refractivity contribution in [3.05, 3.63) is 90.0 Å². The van der Waals surface area contributed by atoms with Crippen LogP contribution < -0.4 is 10.7 Å². The number of phenolic OH excluding ortho intramolecular Hbond substituents is 1. The third kappa shape index (κ3) is 3.73. The molecule has 6 heteroatoms. The molecule has 0 fully saturated rings. The Bertz CT molecular complexity index is 1360. The van der Waals surface area contributed by atoms with E-state index in [1.165, 1.54) is 4.90 Å². The van der Waals surface area contributed by atoms with Crippen LogP contribution in [0.5, 0.6) is 5.75 Å². The number of anilines is 2. The van der Waals surface area contributed by atoms with Crippen LogP contribution in [0, 0.1) is 0 Å². The Balaban J connectivity index is 1.36. The standard InChI is InChI=1S/C25H19N3O2S/c1-15(16-10-11-24-21(13-16)26-20-8-4-5-9-23(20)31-24)27-28-25(30)19-12-17-6-2-3-7-18(17)14-22(19)29/h2-14,26,29H,1H3,(H,28,30)/b27-15+. The number of fused-ring (bicyclic) bond motifs is 3. The maximum absolute atomic E-state index is 12.6. The molecular weight excluding hydrogens is 406 g/mol. The SMILES string of the molecule is C/C(=N\NC(=O)c1cc2ccccc2cc1O)c1ccc2c(c1)Nc1ccccc1S2. The van der Waals surface area contributed by atoms with Gasteiger partial charge >= 0.3 is 0 Å². The Kier molecular flexibility index (Phi) is 4.84. The zero-order chi connectivity index (χ0) is 21.4. The minimum absolute atomic E-state index is 0.0716. The molecule has 1 heterocycles. The number of aromatic hydroxyl groups is 1. The molecular formula is C25H19N3O2S. The van der Waals surface area contributed by atoms with E-state index in [1.807, 2.05) is 61.5 Å². The molecule has 0 radical (unpaired) electrons. The van der Waals surface area contributed by atoms with E-state index in [1.54, 1.807) is 23.9 Å². The summed E-state index contributed by atoms with van der Waals surface area (Å²) in [6.45, 7) is 1.84. The highest BCUT2D eigenvalue weighted by atomic mass is 32.2. The number of hydrogen-bond donors (Lipinski definition) is 3. The zero-order valence-electron chi connectivity index (χ0n) is 16.7. The monoisotopic (exact) mass is 425 g/mol. The van der Waals surface area contributed by atoms with E-state index in [-0.39, 0.29) is 11.3 Å². The molecule has 152 valence electrons. The van der Waals surface area contributed by atoms with Crippen LogP contribution in [0.4, 0.5) is 11.4 Å². The highest BCUT2D eigenvalue weighted by Crippen LogP contribution is 2.44. The second-order valence-corrected chi connectivity index (χ2v) is 8.37. The summed E-state index contributed by atoms with van der Waals surface area (Å²) in [7, 11) is 0. The molecule has 1 aliphatic rings. The number of benzene rings is 4. The van der Waals surface area contributed by atoms with E-state index in [9.17, 15) is 9.90 Å². The average Bonchev–Trinajstić information content (AvgIpc) is 2.80. The van der Waals surface area contributed by atoms with Gasteiger partial charge in [-0.05, 0) is 59.7 Å². The van der Waals surface area contributed by atoms with Gasteiger partial charge in [-0.2, -0.15) is 5.10 Å². The molecule has 0 atom stereocenters. The normalized spacial score (nSPS) is 12.6. The molecule has 1 amide bonds. The van der Waals surface area contributed by atoms with Crippen molar-refractivity contribution in [3.8, 4) is 5.75 Å². The minimum Gasteiger partial charge on any atom is -0.507 e. The molecule has 0 spiro atoms. The molecule has 5 nitrogen and oxygen atoms in total. The second-order valence-electron chi connectivity index (χ2n) is 7.29. The van der Waals surface area contributed by atoms with E-state index in [0.717, 1.165) is 32.6 Å². The van der Waals surface area contributed by atoms with Crippen molar-refractivity contribution >= 4 is 45.5 Å². The summed E-state index contributed by atoms with van der Waals surface area (Å²) in [6, 6.07) is 25.1. The predicted octanol–water partition coefficient (Wildman–Crippen LogP) is 5.91. The van der Waals surface area contributed by atoms with Gasteiger partial charge in [0.2, 0.25) is 0 Å². The van der Waals surface area contributed by atoms with Gasteiger partial charge in [0.15, 0.2) is 0 Å². The highest BCUT2D eigenvalue weighted by Gasteiger charge is 2.16. The largest absolute Gasteiger partial charge is 0.507 e.